The number of rotatable bonds is 4. The van der Waals surface area contributed by atoms with Gasteiger partial charge >= 0.3 is 11.9 Å². The van der Waals surface area contributed by atoms with Crippen molar-refractivity contribution in [2.45, 2.75) is 69.2 Å². The molecule has 3 aromatic carbocycles. The van der Waals surface area contributed by atoms with Gasteiger partial charge in [-0.15, -0.1) is 0 Å². The molecule has 0 radical (unpaired) electrons. The molecule has 0 atom stereocenters. The molecule has 0 bridgehead atoms. The maximum Gasteiger partial charge on any atom is 0.343 e. The number of carbonyl (C=O) groups is 3. The van der Waals surface area contributed by atoms with Crippen molar-refractivity contribution in [3.05, 3.63) is 95.1 Å². The van der Waals surface area contributed by atoms with Crippen LogP contribution >= 0.6 is 0 Å². The molecular weight excluding hydrogens is 452 g/mol. The number of carbonyl (C=O) groups excluding carboxylic acids is 3. The molecule has 5 nitrogen and oxygen atoms in total. The lowest BCUT2D eigenvalue weighted by Gasteiger charge is -2.07. The Morgan fingerprint density at radius 3 is 0.917 bits per heavy atom. The summed E-state index contributed by atoms with van der Waals surface area (Å²) in [5.41, 5.74) is 3.10. The zero-order chi connectivity index (χ0) is 28.1. The second-order valence-corrected chi connectivity index (χ2v) is 6.89. The van der Waals surface area contributed by atoms with Crippen LogP contribution in [0.3, 0.4) is 0 Å². The molecule has 0 aliphatic carbocycles. The molecule has 196 valence electrons. The standard InChI is InChI=1S/C22H18O4.C3H6O.3C2H6/c1-15-3-7-17(8-4-15)21(23)25-19-11-13-20(14-12-19)26-22(24)18-9-5-16(2)6-10-18;1-3(2)4;3*1-2/h3-14H,1-2H3;1-2H3;3*1-2H3. The van der Waals surface area contributed by atoms with E-state index < -0.39 is 11.9 Å². The summed E-state index contributed by atoms with van der Waals surface area (Å²) in [7, 11) is 0. The number of hydrogen-bond donors (Lipinski definition) is 0. The van der Waals surface area contributed by atoms with E-state index in [9.17, 15) is 14.4 Å². The first-order chi connectivity index (χ1) is 17.2. The Kier molecular flexibility index (Phi) is 19.7. The van der Waals surface area contributed by atoms with E-state index in [-0.39, 0.29) is 5.78 Å². The van der Waals surface area contributed by atoms with Crippen LogP contribution in [0, 0.1) is 13.8 Å². The zero-order valence-electron chi connectivity index (χ0n) is 23.5. The zero-order valence-corrected chi connectivity index (χ0v) is 23.5. The Bertz CT molecular complexity index is 920. The predicted octanol–water partition coefficient (Wildman–Crippen LogP) is 8.42. The van der Waals surface area contributed by atoms with E-state index in [0.29, 0.717) is 22.6 Å². The summed E-state index contributed by atoms with van der Waals surface area (Å²) in [6.45, 7) is 19.0. The fourth-order valence-electron chi connectivity index (χ4n) is 2.29. The maximum atomic E-state index is 12.1. The minimum atomic E-state index is -0.436. The Morgan fingerprint density at radius 2 is 0.694 bits per heavy atom. The molecule has 0 spiro atoms. The molecule has 36 heavy (non-hydrogen) atoms. The average Bonchev–Trinajstić information content (AvgIpc) is 2.89. The van der Waals surface area contributed by atoms with Gasteiger partial charge in [-0.05, 0) is 76.2 Å². The van der Waals surface area contributed by atoms with Gasteiger partial charge in [0.15, 0.2) is 0 Å². The summed E-state index contributed by atoms with van der Waals surface area (Å²) in [5, 5.41) is 0. The fourth-order valence-corrected chi connectivity index (χ4v) is 2.29. The van der Waals surface area contributed by atoms with Gasteiger partial charge in [0, 0.05) is 0 Å². The first-order valence-corrected chi connectivity index (χ1v) is 12.4. The highest BCUT2D eigenvalue weighted by Crippen LogP contribution is 2.20. The largest absolute Gasteiger partial charge is 0.423 e. The number of hydrogen-bond acceptors (Lipinski definition) is 5. The van der Waals surface area contributed by atoms with E-state index in [1.165, 1.54) is 13.8 Å². The van der Waals surface area contributed by atoms with Gasteiger partial charge in [0.1, 0.15) is 17.3 Å². The molecule has 0 amide bonds. The Hall–Kier alpha value is -3.73. The van der Waals surface area contributed by atoms with Crippen LogP contribution in [0.15, 0.2) is 72.8 Å². The third kappa shape index (κ3) is 14.5. The van der Waals surface area contributed by atoms with Crippen molar-refractivity contribution in [1.82, 2.24) is 0 Å². The molecule has 0 N–H and O–H groups in total. The molecule has 0 heterocycles. The minimum Gasteiger partial charge on any atom is -0.423 e. The van der Waals surface area contributed by atoms with Gasteiger partial charge in [-0.2, -0.15) is 0 Å². The molecule has 0 saturated carbocycles. The molecule has 0 aliphatic heterocycles. The van der Waals surface area contributed by atoms with Crippen molar-refractivity contribution >= 4 is 17.7 Å². The second-order valence-electron chi connectivity index (χ2n) is 6.89. The van der Waals surface area contributed by atoms with Crippen molar-refractivity contribution in [3.8, 4) is 11.5 Å². The number of benzene rings is 3. The Balaban J connectivity index is 0. The lowest BCUT2D eigenvalue weighted by Crippen LogP contribution is -2.09. The predicted molar refractivity (Wildman–Crippen MR) is 149 cm³/mol. The summed E-state index contributed by atoms with van der Waals surface area (Å²) >= 11 is 0. The lowest BCUT2D eigenvalue weighted by atomic mass is 10.1. The van der Waals surface area contributed by atoms with Crippen LogP contribution in [0.1, 0.15) is 87.2 Å². The third-order valence-corrected chi connectivity index (χ3v) is 3.82. The van der Waals surface area contributed by atoms with Crippen LogP contribution in [0.25, 0.3) is 0 Å². The quantitative estimate of drug-likeness (QED) is 0.269. The third-order valence-electron chi connectivity index (χ3n) is 3.82. The highest BCUT2D eigenvalue weighted by molar-refractivity contribution is 5.92. The van der Waals surface area contributed by atoms with Gasteiger partial charge in [-0.25, -0.2) is 9.59 Å². The van der Waals surface area contributed by atoms with Gasteiger partial charge in [-0.3, -0.25) is 0 Å². The monoisotopic (exact) mass is 494 g/mol. The van der Waals surface area contributed by atoms with Crippen molar-refractivity contribution in [2.75, 3.05) is 0 Å². The van der Waals surface area contributed by atoms with Crippen LogP contribution in [0.5, 0.6) is 11.5 Å². The van der Waals surface area contributed by atoms with E-state index in [0.717, 1.165) is 11.1 Å². The molecule has 0 aliphatic rings. The SMILES string of the molecule is CC.CC.CC.CC(C)=O.Cc1ccc(C(=O)Oc2ccc(OC(=O)c3ccc(C)cc3)cc2)cc1. The minimum absolute atomic E-state index is 0.167. The van der Waals surface area contributed by atoms with Gasteiger partial charge in [-0.1, -0.05) is 76.9 Å². The number of ketones is 1. The molecule has 0 fully saturated rings. The Labute approximate surface area is 217 Å². The van der Waals surface area contributed by atoms with Gasteiger partial charge in [0.2, 0.25) is 0 Å². The molecule has 3 rings (SSSR count). The van der Waals surface area contributed by atoms with Gasteiger partial charge in [0.05, 0.1) is 11.1 Å². The van der Waals surface area contributed by atoms with Gasteiger partial charge < -0.3 is 14.3 Å². The Morgan fingerprint density at radius 1 is 0.472 bits per heavy atom. The number of aryl methyl sites for hydroxylation is 2. The van der Waals surface area contributed by atoms with E-state index in [2.05, 4.69) is 0 Å². The highest BCUT2D eigenvalue weighted by Gasteiger charge is 2.10. The van der Waals surface area contributed by atoms with Crippen molar-refractivity contribution < 1.29 is 23.9 Å². The first-order valence-electron chi connectivity index (χ1n) is 12.4. The van der Waals surface area contributed by atoms with Crippen LogP contribution in [-0.4, -0.2) is 17.7 Å². The van der Waals surface area contributed by atoms with Gasteiger partial charge in [0.25, 0.3) is 0 Å². The second kappa shape index (κ2) is 20.6. The fraction of sp³-hybridized carbons (Fsp3) is 0.323. The van der Waals surface area contributed by atoms with E-state index >= 15 is 0 Å². The first kappa shape index (κ1) is 34.4. The van der Waals surface area contributed by atoms with Crippen molar-refractivity contribution in [3.63, 3.8) is 0 Å². The maximum absolute atomic E-state index is 12.1. The molecule has 3 aromatic rings. The van der Waals surface area contributed by atoms with Crippen LogP contribution < -0.4 is 9.47 Å². The molecule has 0 aromatic heterocycles. The summed E-state index contributed by atoms with van der Waals surface area (Å²) in [4.78, 5) is 33.6. The summed E-state index contributed by atoms with van der Waals surface area (Å²) in [5.74, 6) is 0.0558. The van der Waals surface area contributed by atoms with E-state index in [4.69, 9.17) is 9.47 Å². The smallest absolute Gasteiger partial charge is 0.343 e. The average molecular weight is 495 g/mol. The van der Waals surface area contributed by atoms with E-state index in [1.807, 2.05) is 79.7 Å². The normalized spacial score (nSPS) is 8.61. The highest BCUT2D eigenvalue weighted by atomic mass is 16.5. The molecular formula is C31H42O5. The summed E-state index contributed by atoms with van der Waals surface area (Å²) in [6.07, 6.45) is 0. The summed E-state index contributed by atoms with van der Waals surface area (Å²) in [6, 6.07) is 20.6. The number of ether oxygens (including phenoxy) is 2. The number of esters is 2. The van der Waals surface area contributed by atoms with Crippen LogP contribution in [0.2, 0.25) is 0 Å². The molecule has 0 unspecified atom stereocenters. The van der Waals surface area contributed by atoms with Crippen molar-refractivity contribution in [1.29, 1.82) is 0 Å². The lowest BCUT2D eigenvalue weighted by molar-refractivity contribution is -0.115. The van der Waals surface area contributed by atoms with E-state index in [1.54, 1.807) is 48.5 Å². The van der Waals surface area contributed by atoms with Crippen molar-refractivity contribution in [2.24, 2.45) is 0 Å². The van der Waals surface area contributed by atoms with Crippen LogP contribution in [-0.2, 0) is 4.79 Å². The van der Waals surface area contributed by atoms with Crippen LogP contribution in [0.4, 0.5) is 0 Å². The topological polar surface area (TPSA) is 69.7 Å². The molecule has 5 heteroatoms. The molecule has 0 saturated heterocycles. The number of Topliss-reactive ketones (excluding diaryl/α,β-unsaturated/α-hetero) is 1. The summed E-state index contributed by atoms with van der Waals surface area (Å²) < 4.78 is 10.6.